The second-order valence-electron chi connectivity index (χ2n) is 17.4. The zero-order valence-electron chi connectivity index (χ0n) is 39.2. The molecule has 0 bridgehead atoms. The fourth-order valence-electron chi connectivity index (χ4n) is 8.99. The molecule has 2 saturated heterocycles. The van der Waals surface area contributed by atoms with Crippen LogP contribution < -0.4 is 26.2 Å². The van der Waals surface area contributed by atoms with Crippen molar-refractivity contribution in [3.05, 3.63) is 162 Å². The van der Waals surface area contributed by atoms with Crippen molar-refractivity contribution in [1.82, 2.24) is 20.4 Å². The molecule has 5 aromatic rings. The first kappa shape index (κ1) is 49.2. The molecule has 0 aromatic heterocycles. The first-order valence-electron chi connectivity index (χ1n) is 23.6. The Hall–Kier alpha value is -7.68. The highest BCUT2D eigenvalue weighted by atomic mass is 16.5. The number of alkyl carbamates (subject to hydrolysis) is 2. The van der Waals surface area contributed by atoms with Crippen LogP contribution in [0, 0.1) is 0 Å². The summed E-state index contributed by atoms with van der Waals surface area (Å²) in [5, 5.41) is 11.4. The van der Waals surface area contributed by atoms with Crippen molar-refractivity contribution >= 4 is 52.9 Å². The summed E-state index contributed by atoms with van der Waals surface area (Å²) < 4.78 is 9.64. The minimum Gasteiger partial charge on any atom is -0.453 e. The Morgan fingerprint density at radius 3 is 1.28 bits per heavy atom. The number of likely N-dealkylation sites (tertiary alicyclic amines) is 2. The quantitative estimate of drug-likeness (QED) is 0.0654. The first-order chi connectivity index (χ1) is 33.6. The van der Waals surface area contributed by atoms with E-state index in [2.05, 4.69) is 26.2 Å². The molecule has 2 fully saturated rings. The van der Waals surface area contributed by atoms with E-state index in [9.17, 15) is 28.8 Å². The lowest BCUT2D eigenvalue weighted by Crippen LogP contribution is -2.52. The molecule has 0 aliphatic carbocycles. The Kier molecular flexibility index (Phi) is 17.4. The maximum atomic E-state index is 13.9. The zero-order valence-corrected chi connectivity index (χ0v) is 39.2. The molecule has 2 heterocycles. The van der Waals surface area contributed by atoms with Gasteiger partial charge in [-0.15, -0.1) is 0 Å². The smallest absolute Gasteiger partial charge is 0.407 e. The molecule has 0 radical (unpaired) electrons. The SMILES string of the molecule is COC(=O)N[C@@H](CCc1ccccc1)C(=O)N1CCC[C@H]1C(=O)Nc1ccc(CN(Cc2ccc(NC(=O)[C@@H]3CCCN3C(=O)[C@H](CCc3ccccc3)NC(=O)OC)cc2)c2ccccc2)cc1. The predicted octanol–water partition coefficient (Wildman–Crippen LogP) is 7.47. The van der Waals surface area contributed by atoms with Crippen molar-refractivity contribution in [3.8, 4) is 0 Å². The molecule has 69 heavy (non-hydrogen) atoms. The predicted molar refractivity (Wildman–Crippen MR) is 264 cm³/mol. The van der Waals surface area contributed by atoms with E-state index in [-0.39, 0.29) is 23.6 Å². The fraction of sp³-hybridized carbons (Fsp3) is 0.333. The number of methoxy groups -OCH3 is 2. The molecule has 2 aliphatic rings. The van der Waals surface area contributed by atoms with Crippen LogP contribution in [0.5, 0.6) is 0 Å². The van der Waals surface area contributed by atoms with E-state index < -0.39 is 36.4 Å². The van der Waals surface area contributed by atoms with Gasteiger partial charge in [0.25, 0.3) is 0 Å². The lowest BCUT2D eigenvalue weighted by atomic mass is 10.0. The van der Waals surface area contributed by atoms with E-state index in [1.54, 1.807) is 9.80 Å². The highest BCUT2D eigenvalue weighted by molar-refractivity contribution is 5.99. The van der Waals surface area contributed by atoms with Crippen LogP contribution >= 0.6 is 0 Å². The number of hydrogen-bond donors (Lipinski definition) is 4. The molecule has 2 aliphatic heterocycles. The molecule has 360 valence electrons. The van der Waals surface area contributed by atoms with E-state index in [0.29, 0.717) is 88.9 Å². The van der Waals surface area contributed by atoms with Crippen molar-refractivity contribution in [3.63, 3.8) is 0 Å². The third kappa shape index (κ3) is 13.7. The van der Waals surface area contributed by atoms with Gasteiger partial charge in [0.2, 0.25) is 23.6 Å². The number of anilines is 3. The number of nitrogens with zero attached hydrogens (tertiary/aromatic N) is 3. The maximum absolute atomic E-state index is 13.9. The van der Waals surface area contributed by atoms with Gasteiger partial charge in [-0.1, -0.05) is 103 Å². The number of amides is 6. The van der Waals surface area contributed by atoms with Crippen LogP contribution in [0.25, 0.3) is 0 Å². The lowest BCUT2D eigenvalue weighted by Gasteiger charge is -2.28. The molecule has 0 spiro atoms. The van der Waals surface area contributed by atoms with Crippen LogP contribution in [-0.4, -0.2) is 97.1 Å². The Morgan fingerprint density at radius 1 is 0.522 bits per heavy atom. The van der Waals surface area contributed by atoms with Gasteiger partial charge in [0.1, 0.15) is 24.2 Å². The first-order valence-corrected chi connectivity index (χ1v) is 23.6. The van der Waals surface area contributed by atoms with Gasteiger partial charge < -0.3 is 45.4 Å². The summed E-state index contributed by atoms with van der Waals surface area (Å²) in [4.78, 5) is 85.0. The number of hydrogen-bond acceptors (Lipinski definition) is 9. The average molecular weight is 936 g/mol. The zero-order chi connectivity index (χ0) is 48.5. The second kappa shape index (κ2) is 24.4. The molecule has 0 saturated carbocycles. The van der Waals surface area contributed by atoms with Crippen molar-refractivity contribution in [2.75, 3.05) is 42.8 Å². The van der Waals surface area contributed by atoms with Crippen molar-refractivity contribution in [1.29, 1.82) is 0 Å². The average Bonchev–Trinajstić information content (AvgIpc) is 4.10. The molecule has 0 unspecified atom stereocenters. The molecule has 5 aromatic carbocycles. The van der Waals surface area contributed by atoms with Crippen LogP contribution in [0.4, 0.5) is 26.7 Å². The summed E-state index contributed by atoms with van der Waals surface area (Å²) in [6.45, 7) is 1.93. The number of benzene rings is 5. The number of carbonyl (C=O) groups excluding carboxylic acids is 6. The summed E-state index contributed by atoms with van der Waals surface area (Å²) in [6.07, 6.45) is 2.78. The minimum absolute atomic E-state index is 0.288. The van der Waals surface area contributed by atoms with Gasteiger partial charge >= 0.3 is 12.2 Å². The van der Waals surface area contributed by atoms with Gasteiger partial charge in [-0.25, -0.2) is 9.59 Å². The largest absolute Gasteiger partial charge is 0.453 e. The molecule has 4 atom stereocenters. The third-order valence-electron chi connectivity index (χ3n) is 12.7. The molecular formula is C54H61N7O8. The van der Waals surface area contributed by atoms with E-state index in [1.807, 2.05) is 140 Å². The monoisotopic (exact) mass is 935 g/mol. The van der Waals surface area contributed by atoms with Crippen LogP contribution in [0.15, 0.2) is 140 Å². The molecule has 7 rings (SSSR count). The van der Waals surface area contributed by atoms with Crippen molar-refractivity contribution in [2.24, 2.45) is 0 Å². The molecule has 15 heteroatoms. The Labute approximate surface area is 403 Å². The van der Waals surface area contributed by atoms with Gasteiger partial charge in [0.05, 0.1) is 14.2 Å². The standard InChI is InChI=1S/C54H61N7O8/c1-68-53(66)57-45(32-26-38-14-6-3-7-15-38)51(64)60-34-12-20-47(60)49(62)55-42-28-22-40(23-29-42)36-59(44-18-10-5-11-19-44)37-41-24-30-43(31-25-41)56-50(63)48-21-13-35-61(48)52(65)46(58-54(67)69-2)33-27-39-16-8-4-9-17-39/h3-11,14-19,22-25,28-31,45-48H,12-13,20-21,26-27,32-37H2,1-2H3,(H,55,62)(H,56,63)(H,57,66)(H,58,67)/t45-,46-,47-,48-/m0/s1. The normalized spacial score (nSPS) is 16.1. The summed E-state index contributed by atoms with van der Waals surface area (Å²) in [6, 6.07) is 41.7. The number of carbonyl (C=O) groups is 6. The third-order valence-corrected chi connectivity index (χ3v) is 12.7. The van der Waals surface area contributed by atoms with E-state index >= 15 is 0 Å². The van der Waals surface area contributed by atoms with Crippen LogP contribution in [-0.2, 0) is 54.6 Å². The summed E-state index contributed by atoms with van der Waals surface area (Å²) >= 11 is 0. The Bertz CT molecular complexity index is 2340. The molecule has 15 nitrogen and oxygen atoms in total. The number of para-hydroxylation sites is 1. The minimum atomic E-state index is -0.849. The highest BCUT2D eigenvalue weighted by Crippen LogP contribution is 2.26. The van der Waals surface area contributed by atoms with Gasteiger partial charge in [-0.2, -0.15) is 0 Å². The number of ether oxygens (including phenoxy) is 2. The topological polar surface area (TPSA) is 179 Å². The number of aryl methyl sites for hydroxylation is 2. The molecular weight excluding hydrogens is 875 g/mol. The van der Waals surface area contributed by atoms with E-state index in [4.69, 9.17) is 9.47 Å². The molecule has 6 amide bonds. The summed E-state index contributed by atoms with van der Waals surface area (Å²) in [5.41, 5.74) is 6.30. The van der Waals surface area contributed by atoms with Gasteiger partial charge in [0, 0.05) is 43.2 Å². The van der Waals surface area contributed by atoms with Crippen molar-refractivity contribution in [2.45, 2.75) is 88.6 Å². The second-order valence-corrected chi connectivity index (χ2v) is 17.4. The summed E-state index contributed by atoms with van der Waals surface area (Å²) in [5.74, 6) is -1.21. The highest BCUT2D eigenvalue weighted by Gasteiger charge is 2.39. The molecule has 4 N–H and O–H groups in total. The van der Waals surface area contributed by atoms with Gasteiger partial charge in [-0.3, -0.25) is 19.2 Å². The van der Waals surface area contributed by atoms with E-state index in [0.717, 1.165) is 27.9 Å². The van der Waals surface area contributed by atoms with Crippen LogP contribution in [0.3, 0.4) is 0 Å². The fourth-order valence-corrected chi connectivity index (χ4v) is 8.99. The van der Waals surface area contributed by atoms with Crippen LogP contribution in [0.2, 0.25) is 0 Å². The lowest BCUT2D eigenvalue weighted by molar-refractivity contribution is -0.138. The van der Waals surface area contributed by atoms with E-state index in [1.165, 1.54) is 14.2 Å². The Morgan fingerprint density at radius 2 is 0.899 bits per heavy atom. The van der Waals surface area contributed by atoms with Crippen LogP contribution in [0.1, 0.15) is 60.8 Å². The maximum Gasteiger partial charge on any atom is 0.407 e. The number of nitrogens with one attached hydrogen (secondary N) is 4. The summed E-state index contributed by atoms with van der Waals surface area (Å²) in [7, 11) is 2.51. The van der Waals surface area contributed by atoms with Gasteiger partial charge in [0.15, 0.2) is 0 Å². The number of rotatable bonds is 19. The Balaban J connectivity index is 0.949. The van der Waals surface area contributed by atoms with Crippen molar-refractivity contribution < 1.29 is 38.2 Å². The van der Waals surface area contributed by atoms with Gasteiger partial charge in [-0.05, 0) is 110 Å².